The zero-order valence-corrected chi connectivity index (χ0v) is 21.9. The minimum absolute atomic E-state index is 0.264. The summed E-state index contributed by atoms with van der Waals surface area (Å²) in [5, 5.41) is 11.8. The standard InChI is InChI=1S/C29H38N8O/c38-29-36-28-21(18-24(35-28)12-15-31-22-10-13-30-14-11-22)19-37(29)25-7-4-20(5-8-25)26-3-1-2-23(34-26)6-9-27-32-16-17-33-27/h4-5,7-8,16-19,22-23,26,30-31,34H,1-3,6,9-15H2,(H,32,33)(H,35,36,38)/t23-,26-/m0/s1. The molecule has 0 unspecified atom stereocenters. The predicted octanol–water partition coefficient (Wildman–Crippen LogP) is 3.14. The van der Waals surface area contributed by atoms with Crippen molar-refractivity contribution in [2.45, 2.75) is 69.5 Å². The number of hydrogen-bond acceptors (Lipinski definition) is 6. The second-order valence-corrected chi connectivity index (χ2v) is 10.7. The monoisotopic (exact) mass is 514 g/mol. The molecule has 0 bridgehead atoms. The summed E-state index contributed by atoms with van der Waals surface area (Å²) in [7, 11) is 0. The highest BCUT2D eigenvalue weighted by atomic mass is 16.1. The molecule has 1 aromatic carbocycles. The van der Waals surface area contributed by atoms with Crippen LogP contribution in [0, 0.1) is 0 Å². The molecule has 5 heterocycles. The lowest BCUT2D eigenvalue weighted by molar-refractivity contribution is 0.311. The van der Waals surface area contributed by atoms with Gasteiger partial charge >= 0.3 is 5.69 Å². The van der Waals surface area contributed by atoms with E-state index in [0.717, 1.165) is 67.9 Å². The van der Waals surface area contributed by atoms with E-state index >= 15 is 0 Å². The highest BCUT2D eigenvalue weighted by Gasteiger charge is 2.22. The maximum atomic E-state index is 12.9. The second-order valence-electron chi connectivity index (χ2n) is 10.7. The van der Waals surface area contributed by atoms with Crippen LogP contribution in [0.4, 0.5) is 0 Å². The van der Waals surface area contributed by atoms with E-state index in [-0.39, 0.29) is 5.69 Å². The smallest absolute Gasteiger partial charge is 0.349 e. The van der Waals surface area contributed by atoms with Gasteiger partial charge in [0, 0.05) is 67.2 Å². The highest BCUT2D eigenvalue weighted by Crippen LogP contribution is 2.28. The van der Waals surface area contributed by atoms with Crippen molar-refractivity contribution < 1.29 is 0 Å². The molecule has 2 atom stereocenters. The average molecular weight is 515 g/mol. The molecule has 2 saturated heterocycles. The Morgan fingerprint density at radius 3 is 2.74 bits per heavy atom. The summed E-state index contributed by atoms with van der Waals surface area (Å²) in [5.41, 5.74) is 3.61. The normalized spacial score (nSPS) is 20.7. The lowest BCUT2D eigenvalue weighted by atomic mass is 9.91. The molecular formula is C29H38N8O. The molecule has 5 N–H and O–H groups in total. The van der Waals surface area contributed by atoms with E-state index in [9.17, 15) is 4.79 Å². The number of fused-ring (bicyclic) bond motifs is 1. The molecule has 9 heteroatoms. The van der Waals surface area contributed by atoms with Crippen molar-refractivity contribution in [2.75, 3.05) is 19.6 Å². The first-order chi connectivity index (χ1) is 18.7. The van der Waals surface area contributed by atoms with Gasteiger partial charge in [-0.15, -0.1) is 0 Å². The molecule has 6 rings (SSSR count). The summed E-state index contributed by atoms with van der Waals surface area (Å²) < 4.78 is 1.65. The molecule has 3 aromatic heterocycles. The summed E-state index contributed by atoms with van der Waals surface area (Å²) >= 11 is 0. The Labute approximate surface area is 222 Å². The largest absolute Gasteiger partial charge is 0.354 e. The van der Waals surface area contributed by atoms with E-state index in [2.05, 4.69) is 54.1 Å². The second kappa shape index (κ2) is 11.6. The maximum Gasteiger partial charge on any atom is 0.354 e. The van der Waals surface area contributed by atoms with E-state index in [1.54, 1.807) is 4.57 Å². The predicted molar refractivity (Wildman–Crippen MR) is 150 cm³/mol. The molecule has 4 aromatic rings. The van der Waals surface area contributed by atoms with Crippen LogP contribution in [0.1, 0.15) is 61.6 Å². The van der Waals surface area contributed by atoms with Crippen molar-refractivity contribution in [2.24, 2.45) is 0 Å². The fraction of sp³-hybridized carbons (Fsp3) is 0.483. The fourth-order valence-electron chi connectivity index (χ4n) is 5.93. The molecule has 9 nitrogen and oxygen atoms in total. The molecule has 2 aliphatic heterocycles. The van der Waals surface area contributed by atoms with Gasteiger partial charge in [0.25, 0.3) is 0 Å². The van der Waals surface area contributed by atoms with Gasteiger partial charge in [0.1, 0.15) is 11.5 Å². The molecule has 38 heavy (non-hydrogen) atoms. The van der Waals surface area contributed by atoms with Gasteiger partial charge < -0.3 is 25.9 Å². The van der Waals surface area contributed by atoms with Crippen LogP contribution in [0.2, 0.25) is 0 Å². The summed E-state index contributed by atoms with van der Waals surface area (Å²) in [6.45, 7) is 3.10. The summed E-state index contributed by atoms with van der Waals surface area (Å²) in [5.74, 6) is 1.05. The number of H-pyrrole nitrogens is 2. The van der Waals surface area contributed by atoms with Gasteiger partial charge in [-0.3, -0.25) is 4.57 Å². The van der Waals surface area contributed by atoms with Gasteiger partial charge in [-0.05, 0) is 69.0 Å². The molecular weight excluding hydrogens is 476 g/mol. The van der Waals surface area contributed by atoms with Crippen LogP contribution in [-0.2, 0) is 12.8 Å². The first-order valence-electron chi connectivity index (χ1n) is 14.1. The van der Waals surface area contributed by atoms with Gasteiger partial charge in [0.15, 0.2) is 0 Å². The van der Waals surface area contributed by atoms with Crippen molar-refractivity contribution in [1.82, 2.24) is 40.5 Å². The van der Waals surface area contributed by atoms with Crippen LogP contribution >= 0.6 is 0 Å². The van der Waals surface area contributed by atoms with E-state index in [4.69, 9.17) is 0 Å². The van der Waals surface area contributed by atoms with Crippen LogP contribution in [0.3, 0.4) is 0 Å². The van der Waals surface area contributed by atoms with Crippen molar-refractivity contribution in [3.63, 3.8) is 0 Å². The zero-order valence-electron chi connectivity index (χ0n) is 21.9. The third-order valence-electron chi connectivity index (χ3n) is 8.07. The maximum absolute atomic E-state index is 12.9. The number of aromatic amines is 2. The van der Waals surface area contributed by atoms with Crippen LogP contribution in [-0.4, -0.2) is 56.2 Å². The van der Waals surface area contributed by atoms with Gasteiger partial charge in [0.2, 0.25) is 0 Å². The lowest BCUT2D eigenvalue weighted by Gasteiger charge is -2.31. The number of nitrogens with zero attached hydrogens (tertiary/aromatic N) is 3. The van der Waals surface area contributed by atoms with Crippen molar-refractivity contribution in [3.05, 3.63) is 76.5 Å². The first-order valence-corrected chi connectivity index (χ1v) is 14.1. The quantitative estimate of drug-likeness (QED) is 0.234. The number of nitrogens with one attached hydrogen (secondary N) is 5. The van der Waals surface area contributed by atoms with Gasteiger partial charge in [-0.25, -0.2) is 9.78 Å². The molecule has 0 aliphatic carbocycles. The van der Waals surface area contributed by atoms with E-state index < -0.39 is 0 Å². The Balaban J connectivity index is 1.09. The Morgan fingerprint density at radius 2 is 1.92 bits per heavy atom. The molecule has 0 amide bonds. The van der Waals surface area contributed by atoms with Crippen LogP contribution < -0.4 is 21.6 Å². The van der Waals surface area contributed by atoms with Crippen LogP contribution in [0.15, 0.2) is 53.7 Å². The third kappa shape index (κ3) is 5.90. The topological polar surface area (TPSA) is 115 Å². The van der Waals surface area contributed by atoms with E-state index in [1.807, 2.05) is 30.7 Å². The SMILES string of the molecule is O=c1nc2[nH]c(CCNC3CCNCC3)cc2cn1-c1ccc([C@@H]2CCC[C@@H](CCc3ncc[nH]3)N2)cc1. The number of imidazole rings is 1. The minimum Gasteiger partial charge on any atom is -0.349 e. The fourth-order valence-corrected chi connectivity index (χ4v) is 5.93. The van der Waals surface area contributed by atoms with E-state index in [0.29, 0.717) is 23.8 Å². The number of benzene rings is 1. The molecule has 200 valence electrons. The number of piperidine rings is 2. The van der Waals surface area contributed by atoms with E-state index in [1.165, 1.54) is 31.2 Å². The number of aromatic nitrogens is 5. The number of rotatable bonds is 9. The summed E-state index contributed by atoms with van der Waals surface area (Å²) in [6, 6.07) is 11.9. The number of aryl methyl sites for hydroxylation is 1. The average Bonchev–Trinajstić information content (AvgIpc) is 3.62. The highest BCUT2D eigenvalue weighted by molar-refractivity contribution is 5.75. The van der Waals surface area contributed by atoms with Crippen LogP contribution in [0.5, 0.6) is 0 Å². The summed E-state index contributed by atoms with van der Waals surface area (Å²) in [6.07, 6.45) is 14.4. The van der Waals surface area contributed by atoms with Crippen molar-refractivity contribution >= 4 is 11.0 Å². The third-order valence-corrected chi connectivity index (χ3v) is 8.07. The molecule has 0 spiro atoms. The van der Waals surface area contributed by atoms with Gasteiger partial charge in [-0.2, -0.15) is 4.98 Å². The Morgan fingerprint density at radius 1 is 1.05 bits per heavy atom. The molecule has 2 fully saturated rings. The lowest BCUT2D eigenvalue weighted by Crippen LogP contribution is -2.40. The Bertz CT molecular complexity index is 1370. The van der Waals surface area contributed by atoms with Crippen molar-refractivity contribution in [3.8, 4) is 5.69 Å². The van der Waals surface area contributed by atoms with Crippen molar-refractivity contribution in [1.29, 1.82) is 0 Å². The number of hydrogen-bond donors (Lipinski definition) is 5. The first kappa shape index (κ1) is 25.0. The van der Waals surface area contributed by atoms with Gasteiger partial charge in [0.05, 0.1) is 5.69 Å². The minimum atomic E-state index is -0.264. The van der Waals surface area contributed by atoms with Gasteiger partial charge in [-0.1, -0.05) is 18.6 Å². The molecule has 2 aliphatic rings. The molecule has 0 saturated carbocycles. The van der Waals surface area contributed by atoms with Crippen LogP contribution in [0.25, 0.3) is 16.7 Å². The zero-order chi connectivity index (χ0) is 25.7. The summed E-state index contributed by atoms with van der Waals surface area (Å²) in [4.78, 5) is 28.1. The Hall–Kier alpha value is -3.27. The molecule has 0 radical (unpaired) electrons. The Kier molecular flexibility index (Phi) is 7.66.